The van der Waals surface area contributed by atoms with Crippen molar-refractivity contribution >= 4 is 17.3 Å². The summed E-state index contributed by atoms with van der Waals surface area (Å²) in [7, 11) is 0. The predicted molar refractivity (Wildman–Crippen MR) is 96.6 cm³/mol. The molecule has 0 spiro atoms. The maximum Gasteiger partial charge on any atom is 0.259 e. The van der Waals surface area contributed by atoms with Gasteiger partial charge in [0.2, 0.25) is 0 Å². The minimum atomic E-state index is -0.532. The molecule has 25 heavy (non-hydrogen) atoms. The first-order valence-electron chi connectivity index (χ1n) is 8.85. The zero-order valence-corrected chi connectivity index (χ0v) is 14.3. The highest BCUT2D eigenvalue weighted by molar-refractivity contribution is 6.03. The second kappa shape index (κ2) is 6.43. The first kappa shape index (κ1) is 16.0. The quantitative estimate of drug-likeness (QED) is 0.850. The van der Waals surface area contributed by atoms with Crippen molar-refractivity contribution in [3.8, 4) is 0 Å². The van der Waals surface area contributed by atoms with Gasteiger partial charge in [0.05, 0.1) is 5.56 Å². The molecule has 1 N–H and O–H groups in total. The molecule has 2 aromatic rings. The molecule has 0 aliphatic heterocycles. The normalized spacial score (nSPS) is 22.2. The lowest BCUT2D eigenvalue weighted by molar-refractivity contribution is 0.102. The molecule has 3 nitrogen and oxygen atoms in total. The number of benzene rings is 1. The fourth-order valence-electron chi connectivity index (χ4n) is 4.40. The van der Waals surface area contributed by atoms with Crippen LogP contribution in [0.2, 0.25) is 0 Å². The van der Waals surface area contributed by atoms with Gasteiger partial charge in [-0.15, -0.1) is 0 Å². The van der Waals surface area contributed by atoms with Gasteiger partial charge in [-0.05, 0) is 73.4 Å². The molecule has 0 radical (unpaired) electrons. The smallest absolute Gasteiger partial charge is 0.259 e. The lowest BCUT2D eigenvalue weighted by Gasteiger charge is -2.15. The Kier molecular flexibility index (Phi) is 4.12. The van der Waals surface area contributed by atoms with Crippen LogP contribution in [-0.2, 0) is 0 Å². The largest absolute Gasteiger partial charge is 0.306 e. The van der Waals surface area contributed by atoms with Gasteiger partial charge in [-0.25, -0.2) is 9.37 Å². The fraction of sp³-hybridized carbons (Fsp3) is 0.333. The van der Waals surface area contributed by atoms with Gasteiger partial charge in [-0.2, -0.15) is 0 Å². The molecular formula is C21H21FN2O. The van der Waals surface area contributed by atoms with Gasteiger partial charge in [-0.3, -0.25) is 4.79 Å². The molecule has 1 heterocycles. The molecule has 1 aromatic carbocycles. The van der Waals surface area contributed by atoms with Crippen LogP contribution in [0.25, 0.3) is 5.57 Å². The summed E-state index contributed by atoms with van der Waals surface area (Å²) >= 11 is 0. The van der Waals surface area contributed by atoms with Crippen LogP contribution < -0.4 is 5.32 Å². The van der Waals surface area contributed by atoms with E-state index in [9.17, 15) is 9.18 Å². The lowest BCUT2D eigenvalue weighted by Crippen LogP contribution is -2.14. The van der Waals surface area contributed by atoms with Crippen molar-refractivity contribution in [1.29, 1.82) is 0 Å². The number of rotatable bonds is 3. The molecular weight excluding hydrogens is 315 g/mol. The summed E-state index contributed by atoms with van der Waals surface area (Å²) in [5.74, 6) is 0.897. The zero-order valence-electron chi connectivity index (χ0n) is 14.3. The maximum atomic E-state index is 13.7. The van der Waals surface area contributed by atoms with Gasteiger partial charge in [0.15, 0.2) is 0 Å². The molecule has 1 aromatic heterocycles. The Morgan fingerprint density at radius 3 is 2.80 bits per heavy atom. The van der Waals surface area contributed by atoms with Crippen LogP contribution in [-0.4, -0.2) is 10.9 Å². The summed E-state index contributed by atoms with van der Waals surface area (Å²) in [5.41, 5.74) is 4.09. The van der Waals surface area contributed by atoms with Crippen LogP contribution in [0.3, 0.4) is 0 Å². The van der Waals surface area contributed by atoms with Crippen molar-refractivity contribution in [3.05, 3.63) is 65.1 Å². The van der Waals surface area contributed by atoms with Crippen molar-refractivity contribution < 1.29 is 9.18 Å². The van der Waals surface area contributed by atoms with Gasteiger partial charge in [0, 0.05) is 6.20 Å². The number of aromatic nitrogens is 1. The van der Waals surface area contributed by atoms with Crippen LogP contribution in [0.1, 0.15) is 48.5 Å². The minimum Gasteiger partial charge on any atom is -0.306 e. The average molecular weight is 336 g/mol. The van der Waals surface area contributed by atoms with Crippen molar-refractivity contribution in [2.75, 3.05) is 5.32 Å². The highest BCUT2D eigenvalue weighted by Crippen LogP contribution is 2.50. The molecule has 2 unspecified atom stereocenters. The molecule has 0 bridgehead atoms. The number of carbonyl (C=O) groups is 1. The summed E-state index contributed by atoms with van der Waals surface area (Å²) in [4.78, 5) is 16.6. The summed E-state index contributed by atoms with van der Waals surface area (Å²) in [6.45, 7) is 2.22. The molecule has 1 fully saturated rings. The summed E-state index contributed by atoms with van der Waals surface area (Å²) in [6, 6.07) is 9.76. The van der Waals surface area contributed by atoms with Crippen molar-refractivity contribution in [2.24, 2.45) is 11.8 Å². The Hall–Kier alpha value is -2.49. The molecule has 4 rings (SSSR count). The van der Waals surface area contributed by atoms with Crippen LogP contribution in [0.4, 0.5) is 10.2 Å². The predicted octanol–water partition coefficient (Wildman–Crippen LogP) is 5.07. The number of hydrogen-bond acceptors (Lipinski definition) is 2. The third kappa shape index (κ3) is 2.97. The van der Waals surface area contributed by atoms with Crippen LogP contribution in [0.5, 0.6) is 0 Å². The number of anilines is 1. The van der Waals surface area contributed by atoms with Crippen molar-refractivity contribution in [1.82, 2.24) is 4.98 Å². The van der Waals surface area contributed by atoms with E-state index >= 15 is 0 Å². The van der Waals surface area contributed by atoms with E-state index in [-0.39, 0.29) is 5.56 Å². The summed E-state index contributed by atoms with van der Waals surface area (Å²) in [6.07, 6.45) is 6.94. The molecule has 128 valence electrons. The standard InChI is InChI=1S/C21H21FN2O/c1-13-11-14-5-4-7-16(14)20(13)15-9-10-19(23-12-15)24-21(25)17-6-2-3-8-18(17)22/h2-3,6,8-10,12,14,16H,4-5,7,11H2,1H3,(H,23,24,25). The highest BCUT2D eigenvalue weighted by atomic mass is 19.1. The Bertz CT molecular complexity index is 841. The molecule has 1 saturated carbocycles. The zero-order chi connectivity index (χ0) is 17.4. The Morgan fingerprint density at radius 1 is 1.20 bits per heavy atom. The monoisotopic (exact) mass is 336 g/mol. The molecule has 1 amide bonds. The molecule has 0 saturated heterocycles. The number of halogens is 1. The second-order valence-corrected chi connectivity index (χ2v) is 7.06. The number of nitrogens with one attached hydrogen (secondary N) is 1. The first-order valence-corrected chi connectivity index (χ1v) is 8.85. The van der Waals surface area contributed by atoms with Crippen LogP contribution in [0, 0.1) is 17.7 Å². The molecule has 2 atom stereocenters. The Morgan fingerprint density at radius 2 is 2.04 bits per heavy atom. The van der Waals surface area contributed by atoms with Gasteiger partial charge in [0.1, 0.15) is 11.6 Å². The number of hydrogen-bond donors (Lipinski definition) is 1. The van der Waals surface area contributed by atoms with Gasteiger partial charge < -0.3 is 5.32 Å². The number of pyridine rings is 1. The highest BCUT2D eigenvalue weighted by Gasteiger charge is 2.36. The maximum absolute atomic E-state index is 13.7. The van der Waals surface area contributed by atoms with E-state index in [4.69, 9.17) is 0 Å². The van der Waals surface area contributed by atoms with E-state index in [1.807, 2.05) is 12.3 Å². The number of allylic oxidation sites excluding steroid dienone is 2. The lowest BCUT2D eigenvalue weighted by atomic mass is 9.91. The number of fused-ring (bicyclic) bond motifs is 1. The molecule has 4 heteroatoms. The molecule has 2 aliphatic rings. The van der Waals surface area contributed by atoms with Gasteiger partial charge in [0.25, 0.3) is 5.91 Å². The van der Waals surface area contributed by atoms with Crippen LogP contribution >= 0.6 is 0 Å². The summed E-state index contributed by atoms with van der Waals surface area (Å²) < 4.78 is 13.7. The number of nitrogens with zero attached hydrogens (tertiary/aromatic N) is 1. The number of amides is 1. The SMILES string of the molecule is CC1=C(c2ccc(NC(=O)c3ccccc3F)nc2)C2CCCC2C1. The van der Waals surface area contributed by atoms with Gasteiger partial charge >= 0.3 is 0 Å². The average Bonchev–Trinajstić information content (AvgIpc) is 3.16. The van der Waals surface area contributed by atoms with Crippen molar-refractivity contribution in [2.45, 2.75) is 32.6 Å². The second-order valence-electron chi connectivity index (χ2n) is 7.06. The van der Waals surface area contributed by atoms with E-state index in [1.165, 1.54) is 49.0 Å². The summed E-state index contributed by atoms with van der Waals surface area (Å²) in [5, 5.41) is 2.67. The molecule has 2 aliphatic carbocycles. The minimum absolute atomic E-state index is 0.0246. The Labute approximate surface area is 147 Å². The van der Waals surface area contributed by atoms with E-state index in [2.05, 4.69) is 17.2 Å². The van der Waals surface area contributed by atoms with Crippen molar-refractivity contribution in [3.63, 3.8) is 0 Å². The van der Waals surface area contributed by atoms with E-state index in [1.54, 1.807) is 18.2 Å². The van der Waals surface area contributed by atoms with Gasteiger partial charge in [-0.1, -0.05) is 24.1 Å². The number of carbonyl (C=O) groups excluding carboxylic acids is 1. The van der Waals surface area contributed by atoms with E-state index in [0.29, 0.717) is 11.7 Å². The fourth-order valence-corrected chi connectivity index (χ4v) is 4.40. The van der Waals surface area contributed by atoms with E-state index < -0.39 is 11.7 Å². The van der Waals surface area contributed by atoms with E-state index in [0.717, 1.165) is 11.5 Å². The Balaban J connectivity index is 1.52. The first-order chi connectivity index (χ1) is 12.1. The van der Waals surface area contributed by atoms with Crippen LogP contribution in [0.15, 0.2) is 48.2 Å². The topological polar surface area (TPSA) is 42.0 Å². The third-order valence-electron chi connectivity index (χ3n) is 5.49. The third-order valence-corrected chi connectivity index (χ3v) is 5.49.